The van der Waals surface area contributed by atoms with Crippen molar-refractivity contribution < 1.29 is 9.15 Å². The number of allylic oxidation sites excluding steroid dienone is 1. The molecular weight excluding hydrogens is 382 g/mol. The fourth-order valence-corrected chi connectivity index (χ4v) is 3.08. The lowest BCUT2D eigenvalue weighted by Crippen LogP contribution is -2.17. The van der Waals surface area contributed by atoms with Gasteiger partial charge >= 0.3 is 0 Å². The van der Waals surface area contributed by atoms with Crippen molar-refractivity contribution in [3.05, 3.63) is 90.2 Å². The van der Waals surface area contributed by atoms with E-state index >= 15 is 0 Å². The highest BCUT2D eigenvalue weighted by atomic mass is 16.5. The first-order valence-corrected chi connectivity index (χ1v) is 10.6. The fourth-order valence-electron chi connectivity index (χ4n) is 3.08. The van der Waals surface area contributed by atoms with Crippen molar-refractivity contribution in [2.45, 2.75) is 33.9 Å². The molecule has 31 heavy (non-hydrogen) atoms. The highest BCUT2D eigenvalue weighted by Crippen LogP contribution is 2.22. The van der Waals surface area contributed by atoms with Crippen LogP contribution < -0.4 is 4.74 Å². The highest BCUT2D eigenvalue weighted by molar-refractivity contribution is 5.58. The molecule has 0 fully saturated rings. The zero-order valence-corrected chi connectivity index (χ0v) is 18.9. The molecule has 0 spiro atoms. The number of rotatable bonds is 8. The van der Waals surface area contributed by atoms with E-state index in [1.54, 1.807) is 6.26 Å². The Labute approximate surface area is 186 Å². The molecule has 0 bridgehead atoms. The lowest BCUT2D eigenvalue weighted by molar-refractivity contribution is 0.304. The van der Waals surface area contributed by atoms with Crippen LogP contribution in [0.5, 0.6) is 5.75 Å². The number of hydrogen-bond acceptors (Lipinski definition) is 3. The first kappa shape index (κ1) is 22.5. The van der Waals surface area contributed by atoms with Gasteiger partial charge in [-0.3, -0.25) is 4.90 Å². The third kappa shape index (κ3) is 7.85. The summed E-state index contributed by atoms with van der Waals surface area (Å²) in [6.45, 7) is 8.56. The molecule has 3 nitrogen and oxygen atoms in total. The van der Waals surface area contributed by atoms with Crippen LogP contribution in [0.1, 0.15) is 31.9 Å². The molecule has 3 heteroatoms. The molecule has 0 aliphatic carbocycles. The summed E-state index contributed by atoms with van der Waals surface area (Å²) in [6.07, 6.45) is 5.74. The van der Waals surface area contributed by atoms with Crippen molar-refractivity contribution in [2.75, 3.05) is 13.6 Å². The smallest absolute Gasteiger partial charge is 0.133 e. The van der Waals surface area contributed by atoms with Gasteiger partial charge in [-0.15, -0.1) is 0 Å². The van der Waals surface area contributed by atoms with Gasteiger partial charge in [0.05, 0.1) is 6.26 Å². The van der Waals surface area contributed by atoms with E-state index in [-0.39, 0.29) is 5.41 Å². The number of hydrogen-bond donors (Lipinski definition) is 0. The Balaban J connectivity index is 1.53. The molecule has 0 saturated carbocycles. The Morgan fingerprint density at radius 1 is 1.00 bits per heavy atom. The van der Waals surface area contributed by atoms with Gasteiger partial charge in [0.1, 0.15) is 18.1 Å². The van der Waals surface area contributed by atoms with Crippen molar-refractivity contribution in [1.82, 2.24) is 4.90 Å². The molecule has 0 aliphatic heterocycles. The molecule has 0 atom stereocenters. The van der Waals surface area contributed by atoms with E-state index in [1.807, 2.05) is 42.5 Å². The van der Waals surface area contributed by atoms with Crippen LogP contribution in [0, 0.1) is 17.3 Å². The van der Waals surface area contributed by atoms with Crippen LogP contribution in [0.4, 0.5) is 0 Å². The summed E-state index contributed by atoms with van der Waals surface area (Å²) < 4.78 is 11.5. The van der Waals surface area contributed by atoms with Crippen molar-refractivity contribution >= 4 is 0 Å². The maximum Gasteiger partial charge on any atom is 0.133 e. The number of ether oxygens (including phenoxy) is 1. The van der Waals surface area contributed by atoms with Gasteiger partial charge in [-0.2, -0.15) is 0 Å². The summed E-state index contributed by atoms with van der Waals surface area (Å²) in [6, 6.07) is 20.4. The average molecular weight is 414 g/mol. The maximum atomic E-state index is 6.05. The first-order chi connectivity index (χ1) is 14.9. The third-order valence-electron chi connectivity index (χ3n) is 4.55. The molecule has 1 aromatic heterocycles. The van der Waals surface area contributed by atoms with E-state index in [0.29, 0.717) is 6.61 Å². The minimum absolute atomic E-state index is 0.0385. The average Bonchev–Trinajstić information content (AvgIpc) is 3.27. The van der Waals surface area contributed by atoms with Crippen LogP contribution in [0.3, 0.4) is 0 Å². The first-order valence-electron chi connectivity index (χ1n) is 10.6. The normalized spacial score (nSPS) is 11.5. The molecule has 0 unspecified atom stereocenters. The van der Waals surface area contributed by atoms with Gasteiger partial charge < -0.3 is 9.15 Å². The standard InChI is InChI=1S/C28H31NO2/c1-28(2,3)16-6-5-7-17-29(4)21-23-11-9-14-26(20-23)31-22-24-12-8-13-25(19-24)27-15-10-18-30-27/h5,7-15,18-20H,17,21-22H2,1-4H3. The zero-order chi connectivity index (χ0) is 22.1. The second kappa shape index (κ2) is 10.7. The molecule has 2 aromatic carbocycles. The van der Waals surface area contributed by atoms with Gasteiger partial charge in [0.25, 0.3) is 0 Å². The Kier molecular flexibility index (Phi) is 7.76. The van der Waals surface area contributed by atoms with Crippen molar-refractivity contribution in [3.63, 3.8) is 0 Å². The summed E-state index contributed by atoms with van der Waals surface area (Å²) in [5, 5.41) is 0. The van der Waals surface area contributed by atoms with Crippen LogP contribution in [0.15, 0.2) is 83.5 Å². The Bertz CT molecular complexity index is 1050. The minimum atomic E-state index is 0.0385. The van der Waals surface area contributed by atoms with E-state index in [2.05, 4.69) is 74.9 Å². The van der Waals surface area contributed by atoms with Gasteiger partial charge in [0.2, 0.25) is 0 Å². The second-order valence-electron chi connectivity index (χ2n) is 8.73. The predicted molar refractivity (Wildman–Crippen MR) is 128 cm³/mol. The molecule has 3 aromatic rings. The van der Waals surface area contributed by atoms with E-state index in [1.165, 1.54) is 5.56 Å². The maximum absolute atomic E-state index is 6.05. The van der Waals surface area contributed by atoms with Gasteiger partial charge in [-0.25, -0.2) is 0 Å². The molecule has 3 rings (SSSR count). The van der Waals surface area contributed by atoms with E-state index in [9.17, 15) is 0 Å². The highest BCUT2D eigenvalue weighted by Gasteiger charge is 2.05. The van der Waals surface area contributed by atoms with E-state index in [4.69, 9.17) is 9.15 Å². The van der Waals surface area contributed by atoms with Crippen LogP contribution in [0.2, 0.25) is 0 Å². The molecule has 160 valence electrons. The fraction of sp³-hybridized carbons (Fsp3) is 0.286. The van der Waals surface area contributed by atoms with Crippen LogP contribution >= 0.6 is 0 Å². The number of benzene rings is 2. The van der Waals surface area contributed by atoms with Gasteiger partial charge in [0, 0.05) is 24.1 Å². The van der Waals surface area contributed by atoms with E-state index < -0.39 is 0 Å². The van der Waals surface area contributed by atoms with Gasteiger partial charge in [-0.1, -0.05) is 48.2 Å². The summed E-state index contributed by atoms with van der Waals surface area (Å²) in [5.74, 6) is 8.07. The van der Waals surface area contributed by atoms with E-state index in [0.717, 1.165) is 35.7 Å². The quantitative estimate of drug-likeness (QED) is 0.391. The largest absolute Gasteiger partial charge is 0.489 e. The predicted octanol–water partition coefficient (Wildman–Crippen LogP) is 6.56. The Morgan fingerprint density at radius 3 is 2.58 bits per heavy atom. The molecule has 0 saturated heterocycles. The molecule has 0 radical (unpaired) electrons. The van der Waals surface area contributed by atoms with Crippen LogP contribution in [0.25, 0.3) is 11.3 Å². The topological polar surface area (TPSA) is 25.6 Å². The number of furan rings is 1. The molecule has 0 aliphatic rings. The molecule has 0 amide bonds. The van der Waals surface area contributed by atoms with Crippen LogP contribution in [-0.2, 0) is 13.2 Å². The second-order valence-corrected chi connectivity index (χ2v) is 8.73. The molecular formula is C28H31NO2. The summed E-state index contributed by atoms with van der Waals surface area (Å²) in [7, 11) is 2.11. The summed E-state index contributed by atoms with van der Waals surface area (Å²) in [5.41, 5.74) is 3.43. The van der Waals surface area contributed by atoms with Crippen molar-refractivity contribution in [3.8, 4) is 28.9 Å². The van der Waals surface area contributed by atoms with Crippen molar-refractivity contribution in [1.29, 1.82) is 0 Å². The lowest BCUT2D eigenvalue weighted by Gasteiger charge is -2.15. The lowest BCUT2D eigenvalue weighted by atomic mass is 9.98. The molecule has 0 N–H and O–H groups in total. The minimum Gasteiger partial charge on any atom is -0.489 e. The molecule has 1 heterocycles. The third-order valence-corrected chi connectivity index (χ3v) is 4.55. The number of nitrogens with zero attached hydrogens (tertiary/aromatic N) is 1. The van der Waals surface area contributed by atoms with Gasteiger partial charge in [-0.05, 0) is 75.4 Å². The van der Waals surface area contributed by atoms with Crippen molar-refractivity contribution in [2.24, 2.45) is 5.41 Å². The Hall–Kier alpha value is -3.22. The van der Waals surface area contributed by atoms with Gasteiger partial charge in [0.15, 0.2) is 0 Å². The Morgan fingerprint density at radius 2 is 1.81 bits per heavy atom. The summed E-state index contributed by atoms with van der Waals surface area (Å²) in [4.78, 5) is 2.25. The zero-order valence-electron chi connectivity index (χ0n) is 18.9. The van der Waals surface area contributed by atoms with Crippen LogP contribution in [-0.4, -0.2) is 18.5 Å². The number of likely N-dealkylation sites (N-methyl/N-ethyl adjacent to an activating group) is 1. The summed E-state index contributed by atoms with van der Waals surface area (Å²) >= 11 is 0. The SMILES string of the molecule is CN(CC=CC#CC(C)(C)C)Cc1cccc(OCc2cccc(-c3ccco3)c2)c1. The monoisotopic (exact) mass is 413 g/mol.